The van der Waals surface area contributed by atoms with Crippen molar-refractivity contribution in [2.45, 2.75) is 19.1 Å². The lowest BCUT2D eigenvalue weighted by Gasteiger charge is -1.98. The monoisotopic (exact) mass is 171 g/mol. The molecule has 0 spiro atoms. The van der Waals surface area contributed by atoms with Crippen molar-refractivity contribution >= 4 is 17.7 Å². The number of carboxylic acids is 1. The van der Waals surface area contributed by atoms with Gasteiger partial charge in [-0.2, -0.15) is 5.26 Å². The van der Waals surface area contributed by atoms with Crippen molar-refractivity contribution in [3.8, 4) is 5.40 Å². The Morgan fingerprint density at radius 3 is 2.73 bits per heavy atom. The van der Waals surface area contributed by atoms with Crippen LogP contribution in [0, 0.1) is 10.7 Å². The molecule has 1 unspecified atom stereocenters. The summed E-state index contributed by atoms with van der Waals surface area (Å²) in [6, 6.07) is 0. The first kappa shape index (κ1) is 10.0. The summed E-state index contributed by atoms with van der Waals surface area (Å²) in [6.07, 6.45) is 1.55. The Morgan fingerprint density at radius 2 is 2.36 bits per heavy atom. The fraction of sp³-hybridized carbons (Fsp3) is 0.429. The first-order valence-corrected chi connectivity index (χ1v) is 3.92. The second-order valence-electron chi connectivity index (χ2n) is 2.07. The average Bonchev–Trinajstić information content (AvgIpc) is 1.87. The Balaban J connectivity index is 4.09. The van der Waals surface area contributed by atoms with Crippen molar-refractivity contribution in [2.24, 2.45) is 0 Å². The number of carboxylic acid groups (broad SMARTS) is 1. The van der Waals surface area contributed by atoms with Gasteiger partial charge in [-0.05, 0) is 25.6 Å². The van der Waals surface area contributed by atoms with Gasteiger partial charge in [0.05, 0.1) is 0 Å². The molecule has 1 N–H and O–H groups in total. The Hall–Kier alpha value is -0.950. The summed E-state index contributed by atoms with van der Waals surface area (Å²) in [6.45, 7) is 3.29. The lowest BCUT2D eigenvalue weighted by molar-refractivity contribution is -0.132. The normalized spacial score (nSPS) is 13.7. The van der Waals surface area contributed by atoms with Gasteiger partial charge >= 0.3 is 5.97 Å². The number of thiocyanates is 1. The topological polar surface area (TPSA) is 61.1 Å². The van der Waals surface area contributed by atoms with Gasteiger partial charge in [-0.15, -0.1) is 0 Å². The molecule has 0 radical (unpaired) electrons. The number of hydrogen-bond donors (Lipinski definition) is 1. The van der Waals surface area contributed by atoms with Gasteiger partial charge in [0, 0.05) is 10.8 Å². The van der Waals surface area contributed by atoms with Gasteiger partial charge in [-0.25, -0.2) is 4.79 Å². The number of nitrogens with zero attached hydrogens (tertiary/aromatic N) is 1. The summed E-state index contributed by atoms with van der Waals surface area (Å²) in [5.41, 5.74) is 0.278. The van der Waals surface area contributed by atoms with Gasteiger partial charge < -0.3 is 5.11 Å². The summed E-state index contributed by atoms with van der Waals surface area (Å²) in [5, 5.41) is 18.5. The minimum absolute atomic E-state index is 0.0592. The predicted molar refractivity (Wildman–Crippen MR) is 44.1 cm³/mol. The Labute approximate surface area is 69.7 Å². The molecule has 0 saturated heterocycles. The second kappa shape index (κ2) is 4.80. The maximum atomic E-state index is 10.3. The highest BCUT2D eigenvalue weighted by atomic mass is 32.2. The first-order valence-electron chi connectivity index (χ1n) is 3.04. The molecule has 0 bridgehead atoms. The third-order valence-corrected chi connectivity index (χ3v) is 1.67. The van der Waals surface area contributed by atoms with Crippen LogP contribution in [0.5, 0.6) is 0 Å². The standard InChI is InChI=1S/C7H9NO2S/c1-5(7(9)10)3-6(2)11-4-8/h3,6H,1-2H3,(H,9,10)/b5-3+. The van der Waals surface area contributed by atoms with E-state index in [0.29, 0.717) is 0 Å². The minimum atomic E-state index is -0.935. The van der Waals surface area contributed by atoms with Crippen LogP contribution in [0.25, 0.3) is 0 Å². The summed E-state index contributed by atoms with van der Waals surface area (Å²) >= 11 is 1.04. The molecule has 0 rings (SSSR count). The van der Waals surface area contributed by atoms with E-state index in [0.717, 1.165) is 11.8 Å². The second-order valence-corrected chi connectivity index (χ2v) is 3.23. The molecule has 0 aromatic heterocycles. The molecule has 0 heterocycles. The van der Waals surface area contributed by atoms with Crippen LogP contribution < -0.4 is 0 Å². The van der Waals surface area contributed by atoms with Crippen molar-refractivity contribution in [1.82, 2.24) is 0 Å². The molecule has 0 aliphatic rings. The van der Waals surface area contributed by atoms with E-state index in [1.807, 2.05) is 5.40 Å². The molecule has 3 nitrogen and oxygen atoms in total. The number of carbonyl (C=O) groups is 1. The number of hydrogen-bond acceptors (Lipinski definition) is 3. The van der Waals surface area contributed by atoms with E-state index in [2.05, 4.69) is 0 Å². The molecule has 0 aliphatic carbocycles. The number of rotatable bonds is 3. The summed E-state index contributed by atoms with van der Waals surface area (Å²) < 4.78 is 0. The molecule has 0 aromatic carbocycles. The average molecular weight is 171 g/mol. The molecule has 0 amide bonds. The highest BCUT2D eigenvalue weighted by molar-refractivity contribution is 8.04. The number of aliphatic carboxylic acids is 1. The highest BCUT2D eigenvalue weighted by Gasteiger charge is 2.03. The zero-order valence-corrected chi connectivity index (χ0v) is 7.18. The van der Waals surface area contributed by atoms with Crippen molar-refractivity contribution in [2.75, 3.05) is 0 Å². The molecule has 4 heteroatoms. The van der Waals surface area contributed by atoms with Gasteiger partial charge in [-0.1, -0.05) is 6.08 Å². The molecule has 0 fully saturated rings. The number of thioether (sulfide) groups is 1. The zero-order chi connectivity index (χ0) is 8.85. The summed E-state index contributed by atoms with van der Waals surface area (Å²) in [4.78, 5) is 10.3. The van der Waals surface area contributed by atoms with Crippen LogP contribution in [0.1, 0.15) is 13.8 Å². The van der Waals surface area contributed by atoms with Crippen LogP contribution in [0.2, 0.25) is 0 Å². The van der Waals surface area contributed by atoms with Crippen molar-refractivity contribution in [1.29, 1.82) is 5.26 Å². The van der Waals surface area contributed by atoms with Gasteiger partial charge in [-0.3, -0.25) is 0 Å². The van der Waals surface area contributed by atoms with Crippen LogP contribution in [0.3, 0.4) is 0 Å². The van der Waals surface area contributed by atoms with Crippen LogP contribution >= 0.6 is 11.8 Å². The quantitative estimate of drug-likeness (QED) is 0.517. The molecule has 60 valence electrons. The largest absolute Gasteiger partial charge is 0.478 e. The fourth-order valence-electron chi connectivity index (χ4n) is 0.541. The van der Waals surface area contributed by atoms with Gasteiger partial charge in [0.25, 0.3) is 0 Å². The van der Waals surface area contributed by atoms with Crippen LogP contribution in [0.4, 0.5) is 0 Å². The minimum Gasteiger partial charge on any atom is -0.478 e. The van der Waals surface area contributed by atoms with Crippen LogP contribution in [-0.2, 0) is 4.79 Å². The molecular weight excluding hydrogens is 162 g/mol. The van der Waals surface area contributed by atoms with Gasteiger partial charge in [0.2, 0.25) is 0 Å². The molecule has 0 aliphatic heterocycles. The van der Waals surface area contributed by atoms with E-state index in [1.165, 1.54) is 6.92 Å². The Kier molecular flexibility index (Phi) is 4.39. The smallest absolute Gasteiger partial charge is 0.330 e. The Bertz CT molecular complexity index is 217. The van der Waals surface area contributed by atoms with E-state index in [9.17, 15) is 4.79 Å². The summed E-state index contributed by atoms with van der Waals surface area (Å²) in [7, 11) is 0. The van der Waals surface area contributed by atoms with Crippen molar-refractivity contribution in [3.63, 3.8) is 0 Å². The van der Waals surface area contributed by atoms with Crippen molar-refractivity contribution < 1.29 is 9.90 Å². The van der Waals surface area contributed by atoms with E-state index < -0.39 is 5.97 Å². The third kappa shape index (κ3) is 4.45. The van der Waals surface area contributed by atoms with Gasteiger partial charge in [0.15, 0.2) is 0 Å². The zero-order valence-electron chi connectivity index (χ0n) is 6.37. The number of nitriles is 1. The maximum absolute atomic E-state index is 10.3. The molecule has 11 heavy (non-hydrogen) atoms. The van der Waals surface area contributed by atoms with E-state index >= 15 is 0 Å². The lowest BCUT2D eigenvalue weighted by Crippen LogP contribution is -1.99. The highest BCUT2D eigenvalue weighted by Crippen LogP contribution is 2.11. The van der Waals surface area contributed by atoms with E-state index in [-0.39, 0.29) is 10.8 Å². The Morgan fingerprint density at radius 1 is 1.82 bits per heavy atom. The van der Waals surface area contributed by atoms with Crippen molar-refractivity contribution in [3.05, 3.63) is 11.6 Å². The van der Waals surface area contributed by atoms with E-state index in [4.69, 9.17) is 10.4 Å². The molecule has 0 saturated carbocycles. The maximum Gasteiger partial charge on any atom is 0.330 e. The first-order chi connectivity index (χ1) is 5.07. The SMILES string of the molecule is C/C(=C\C(C)SC#N)C(=O)O. The van der Waals surface area contributed by atoms with E-state index in [1.54, 1.807) is 13.0 Å². The third-order valence-electron chi connectivity index (χ3n) is 1.06. The van der Waals surface area contributed by atoms with Crippen LogP contribution in [-0.4, -0.2) is 16.3 Å². The van der Waals surface area contributed by atoms with Gasteiger partial charge in [0.1, 0.15) is 5.40 Å². The molecule has 0 aromatic rings. The van der Waals surface area contributed by atoms with Crippen LogP contribution in [0.15, 0.2) is 11.6 Å². The fourth-order valence-corrected chi connectivity index (χ4v) is 0.979. The lowest BCUT2D eigenvalue weighted by atomic mass is 10.2. The predicted octanol–water partition coefficient (Wildman–Crippen LogP) is 1.62. The molecular formula is C7H9NO2S. The molecule has 1 atom stereocenters. The summed E-state index contributed by atoms with van der Waals surface area (Å²) in [5.74, 6) is -0.935.